The number of hydrogen-bond donors (Lipinski definition) is 2. The summed E-state index contributed by atoms with van der Waals surface area (Å²) in [5, 5.41) is 19.1. The van der Waals surface area contributed by atoms with Crippen molar-refractivity contribution in [2.75, 3.05) is 0 Å². The van der Waals surface area contributed by atoms with Gasteiger partial charge in [0.25, 0.3) is 0 Å². The minimum Gasteiger partial charge on any atom is -0.509 e. The van der Waals surface area contributed by atoms with Crippen LogP contribution in [0.5, 0.6) is 0 Å². The highest BCUT2D eigenvalue weighted by molar-refractivity contribution is 6.52. The molecule has 0 aromatic heterocycles. The highest BCUT2D eigenvalue weighted by Gasteiger charge is 2.45. The number of alkyl halides is 1. The van der Waals surface area contributed by atoms with Gasteiger partial charge in [-0.15, -0.1) is 11.6 Å². The summed E-state index contributed by atoms with van der Waals surface area (Å²) < 4.78 is 0. The number of allylic oxidation sites excluding steroid dienone is 2. The third kappa shape index (κ3) is 2.86. The summed E-state index contributed by atoms with van der Waals surface area (Å²) >= 11 is 41.6. The van der Waals surface area contributed by atoms with E-state index in [4.69, 9.17) is 81.2 Å². The molecule has 114 valence electrons. The molecule has 0 heterocycles. The lowest BCUT2D eigenvalue weighted by Gasteiger charge is -2.34. The van der Waals surface area contributed by atoms with E-state index >= 15 is 0 Å². The molecule has 2 nitrogen and oxygen atoms in total. The fourth-order valence-corrected chi connectivity index (χ4v) is 3.58. The molecule has 0 amide bonds. The van der Waals surface area contributed by atoms with Crippen molar-refractivity contribution in [1.82, 2.24) is 0 Å². The zero-order valence-electron chi connectivity index (χ0n) is 9.77. The Morgan fingerprint density at radius 2 is 1.52 bits per heavy atom. The molecule has 21 heavy (non-hydrogen) atoms. The van der Waals surface area contributed by atoms with Crippen LogP contribution in [0.1, 0.15) is 5.56 Å². The summed E-state index contributed by atoms with van der Waals surface area (Å²) in [5.74, 6) is -0.494. The van der Waals surface area contributed by atoms with Crippen molar-refractivity contribution in [1.29, 1.82) is 0 Å². The summed E-state index contributed by atoms with van der Waals surface area (Å²) in [7, 11) is 0. The van der Waals surface area contributed by atoms with Crippen LogP contribution in [0.3, 0.4) is 0 Å². The van der Waals surface area contributed by atoms with Gasteiger partial charge < -0.3 is 10.2 Å². The van der Waals surface area contributed by atoms with Crippen molar-refractivity contribution in [3.05, 3.63) is 53.6 Å². The van der Waals surface area contributed by atoms with Crippen LogP contribution >= 0.6 is 81.2 Å². The van der Waals surface area contributed by atoms with Gasteiger partial charge in [0, 0.05) is 5.56 Å². The van der Waals surface area contributed by atoms with Crippen LogP contribution in [0.2, 0.25) is 20.1 Å². The molecule has 0 bridgehead atoms. The Kier molecular flexibility index (Phi) is 5.25. The zero-order valence-corrected chi connectivity index (χ0v) is 15.1. The SMILES string of the molecule is OC1=C(Cl)C(Cl)=CC(O)(c2cc(Cl)c(Cl)c(Cl)c2Cl)C1Cl. The fraction of sp³-hybridized carbons (Fsp3) is 0.167. The maximum atomic E-state index is 10.8. The molecular formula is C12H5Cl7O2. The van der Waals surface area contributed by atoms with Crippen LogP contribution in [0.25, 0.3) is 0 Å². The first-order valence-corrected chi connectivity index (χ1v) is 7.99. The van der Waals surface area contributed by atoms with E-state index in [-0.39, 0.29) is 35.7 Å². The molecule has 2 unspecified atom stereocenters. The lowest BCUT2D eigenvalue weighted by atomic mass is 9.86. The predicted octanol–water partition coefficient (Wildman–Crippen LogP) is 6.24. The van der Waals surface area contributed by atoms with Crippen molar-refractivity contribution >= 4 is 81.2 Å². The molecule has 0 saturated heterocycles. The summed E-state index contributed by atoms with van der Waals surface area (Å²) in [6, 6.07) is 1.29. The van der Waals surface area contributed by atoms with E-state index in [2.05, 4.69) is 0 Å². The van der Waals surface area contributed by atoms with Gasteiger partial charge in [0.05, 0.1) is 30.2 Å². The van der Waals surface area contributed by atoms with Crippen LogP contribution in [0.4, 0.5) is 0 Å². The van der Waals surface area contributed by atoms with E-state index in [1.165, 1.54) is 6.07 Å². The van der Waals surface area contributed by atoms with Gasteiger partial charge in [-0.3, -0.25) is 0 Å². The summed E-state index contributed by atoms with van der Waals surface area (Å²) in [5.41, 5.74) is -1.92. The molecule has 0 fully saturated rings. The number of benzene rings is 1. The van der Waals surface area contributed by atoms with Gasteiger partial charge in [0.2, 0.25) is 0 Å². The van der Waals surface area contributed by atoms with E-state index in [9.17, 15) is 10.2 Å². The Hall–Kier alpha value is 0.490. The second-order valence-corrected chi connectivity index (χ2v) is 6.99. The van der Waals surface area contributed by atoms with Crippen LogP contribution in [0.15, 0.2) is 28.0 Å². The van der Waals surface area contributed by atoms with E-state index in [0.29, 0.717) is 0 Å². The van der Waals surface area contributed by atoms with Gasteiger partial charge in [-0.1, -0.05) is 69.6 Å². The molecule has 9 heteroatoms. The second kappa shape index (κ2) is 6.18. The largest absolute Gasteiger partial charge is 0.509 e. The number of hydrogen-bond acceptors (Lipinski definition) is 2. The Balaban J connectivity index is 2.73. The van der Waals surface area contributed by atoms with E-state index < -0.39 is 16.7 Å². The lowest BCUT2D eigenvalue weighted by molar-refractivity contribution is 0.0787. The first-order chi connectivity index (χ1) is 9.61. The third-order valence-corrected chi connectivity index (χ3v) is 6.02. The standard InChI is InChI=1S/C12H5Cl7O2/c13-4-1-3(6(15)9(18)7(4)16)12(21)2-5(14)8(17)10(20)11(12)19/h1-2,11,20-21H. The molecular weight excluding hydrogens is 424 g/mol. The molecule has 0 radical (unpaired) electrons. The Morgan fingerprint density at radius 1 is 0.952 bits per heavy atom. The van der Waals surface area contributed by atoms with Gasteiger partial charge in [0.1, 0.15) is 16.7 Å². The first-order valence-electron chi connectivity index (χ1n) is 5.28. The minimum absolute atomic E-state index is 0.0329. The minimum atomic E-state index is -1.96. The quantitative estimate of drug-likeness (QED) is 0.315. The van der Waals surface area contributed by atoms with E-state index in [1.807, 2.05) is 0 Å². The molecule has 1 aliphatic rings. The molecule has 0 aliphatic heterocycles. The van der Waals surface area contributed by atoms with Crippen LogP contribution in [-0.2, 0) is 5.60 Å². The van der Waals surface area contributed by atoms with Crippen molar-refractivity contribution in [3.63, 3.8) is 0 Å². The summed E-state index contributed by atoms with van der Waals surface area (Å²) in [6.07, 6.45) is 1.15. The highest BCUT2D eigenvalue weighted by Crippen LogP contribution is 2.49. The molecule has 2 N–H and O–H groups in total. The van der Waals surface area contributed by atoms with Crippen LogP contribution in [0, 0.1) is 0 Å². The summed E-state index contributed by atoms with van der Waals surface area (Å²) in [6.45, 7) is 0. The predicted molar refractivity (Wildman–Crippen MR) is 89.5 cm³/mol. The zero-order chi connectivity index (χ0) is 16.1. The Labute approximate surface area is 155 Å². The van der Waals surface area contributed by atoms with E-state index in [1.54, 1.807) is 0 Å². The van der Waals surface area contributed by atoms with Crippen LogP contribution in [-0.4, -0.2) is 15.6 Å². The fourth-order valence-electron chi connectivity index (χ4n) is 1.85. The maximum Gasteiger partial charge on any atom is 0.135 e. The smallest absolute Gasteiger partial charge is 0.135 e. The number of aliphatic hydroxyl groups is 2. The van der Waals surface area contributed by atoms with Gasteiger partial charge in [-0.2, -0.15) is 0 Å². The van der Waals surface area contributed by atoms with Crippen molar-refractivity contribution in [2.24, 2.45) is 0 Å². The normalized spacial score (nSPS) is 26.1. The molecule has 1 aromatic carbocycles. The van der Waals surface area contributed by atoms with Gasteiger partial charge >= 0.3 is 0 Å². The van der Waals surface area contributed by atoms with E-state index in [0.717, 1.165) is 6.08 Å². The Bertz CT molecular complexity index is 683. The van der Waals surface area contributed by atoms with Crippen molar-refractivity contribution < 1.29 is 10.2 Å². The molecule has 0 saturated carbocycles. The average molecular weight is 429 g/mol. The topological polar surface area (TPSA) is 40.5 Å². The number of rotatable bonds is 1. The second-order valence-electron chi connectivity index (χ2n) is 4.23. The third-order valence-electron chi connectivity index (χ3n) is 2.94. The number of halogens is 7. The summed E-state index contributed by atoms with van der Waals surface area (Å²) in [4.78, 5) is 0. The molecule has 1 aliphatic carbocycles. The molecule has 2 rings (SSSR count). The maximum absolute atomic E-state index is 10.8. The lowest BCUT2D eigenvalue weighted by Crippen LogP contribution is -2.38. The first kappa shape index (κ1) is 17.8. The average Bonchev–Trinajstić information content (AvgIpc) is 2.44. The molecule has 1 aromatic rings. The van der Waals surface area contributed by atoms with Gasteiger partial charge in [-0.05, 0) is 12.1 Å². The van der Waals surface area contributed by atoms with Gasteiger partial charge in [0.15, 0.2) is 0 Å². The van der Waals surface area contributed by atoms with Crippen molar-refractivity contribution in [3.8, 4) is 0 Å². The molecule has 0 spiro atoms. The van der Waals surface area contributed by atoms with Crippen molar-refractivity contribution in [2.45, 2.75) is 11.0 Å². The number of aliphatic hydroxyl groups excluding tert-OH is 1. The highest BCUT2D eigenvalue weighted by atomic mass is 35.5. The monoisotopic (exact) mass is 426 g/mol. The van der Waals surface area contributed by atoms with Gasteiger partial charge in [-0.25, -0.2) is 0 Å². The Morgan fingerprint density at radius 3 is 2.10 bits per heavy atom. The van der Waals surface area contributed by atoms with Crippen LogP contribution < -0.4 is 0 Å². The molecule has 2 atom stereocenters.